The van der Waals surface area contributed by atoms with Crippen LogP contribution in [0.1, 0.15) is 11.1 Å². The molecule has 0 aliphatic rings. The van der Waals surface area contributed by atoms with Crippen molar-refractivity contribution in [3.05, 3.63) is 41.6 Å². The molecule has 0 fully saturated rings. The number of amides is 1. The van der Waals surface area contributed by atoms with Gasteiger partial charge in [0, 0.05) is 11.3 Å². The van der Waals surface area contributed by atoms with Gasteiger partial charge in [-0.3, -0.25) is 9.89 Å². The number of aryl methyl sites for hydroxylation is 1. The Morgan fingerprint density at radius 2 is 2.35 bits per heavy atom. The molecule has 17 heavy (non-hydrogen) atoms. The summed E-state index contributed by atoms with van der Waals surface area (Å²) in [4.78, 5) is 11.7. The van der Waals surface area contributed by atoms with Gasteiger partial charge in [0.2, 0.25) is 5.91 Å². The van der Waals surface area contributed by atoms with Gasteiger partial charge in [0.25, 0.3) is 0 Å². The second kappa shape index (κ2) is 4.69. The molecular weight excluding hydrogens is 216 g/mol. The largest absolute Gasteiger partial charge is 0.399 e. The average Bonchev–Trinajstić information content (AvgIpc) is 2.64. The first-order valence-corrected chi connectivity index (χ1v) is 5.29. The number of aromatic amines is 1. The van der Waals surface area contributed by atoms with Gasteiger partial charge in [-0.05, 0) is 24.6 Å². The van der Waals surface area contributed by atoms with Crippen LogP contribution in [0.5, 0.6) is 0 Å². The second-order valence-electron chi connectivity index (χ2n) is 3.90. The summed E-state index contributed by atoms with van der Waals surface area (Å²) in [6.07, 6.45) is 1.96. The van der Waals surface area contributed by atoms with E-state index in [0.717, 1.165) is 11.1 Å². The summed E-state index contributed by atoms with van der Waals surface area (Å²) in [7, 11) is 0. The fourth-order valence-electron chi connectivity index (χ4n) is 1.54. The van der Waals surface area contributed by atoms with Gasteiger partial charge in [-0.15, -0.1) is 0 Å². The predicted molar refractivity (Wildman–Crippen MR) is 66.5 cm³/mol. The molecule has 0 saturated heterocycles. The number of rotatable bonds is 3. The molecule has 1 aromatic carbocycles. The standard InChI is InChI=1S/C12H14N4O/c1-8-7-14-16-12(8)15-11(17)6-9-3-2-4-10(13)5-9/h2-5,7H,6,13H2,1H3,(H2,14,15,16,17). The highest BCUT2D eigenvalue weighted by Crippen LogP contribution is 2.11. The van der Waals surface area contributed by atoms with Crippen molar-refractivity contribution in [2.24, 2.45) is 0 Å². The van der Waals surface area contributed by atoms with Crippen molar-refractivity contribution in [1.29, 1.82) is 0 Å². The third-order valence-electron chi connectivity index (χ3n) is 2.41. The lowest BCUT2D eigenvalue weighted by Gasteiger charge is -2.04. The van der Waals surface area contributed by atoms with Gasteiger partial charge < -0.3 is 11.1 Å². The lowest BCUT2D eigenvalue weighted by Crippen LogP contribution is -2.15. The van der Waals surface area contributed by atoms with Crippen molar-refractivity contribution >= 4 is 17.4 Å². The van der Waals surface area contributed by atoms with E-state index >= 15 is 0 Å². The molecule has 4 N–H and O–H groups in total. The van der Waals surface area contributed by atoms with Crippen molar-refractivity contribution in [1.82, 2.24) is 10.2 Å². The SMILES string of the molecule is Cc1cn[nH]c1NC(=O)Cc1cccc(N)c1. The molecule has 1 heterocycles. The number of aromatic nitrogens is 2. The maximum atomic E-state index is 11.7. The Morgan fingerprint density at radius 1 is 1.53 bits per heavy atom. The molecule has 88 valence electrons. The van der Waals surface area contributed by atoms with Gasteiger partial charge in [0.1, 0.15) is 5.82 Å². The summed E-state index contributed by atoms with van der Waals surface area (Å²) < 4.78 is 0. The second-order valence-corrected chi connectivity index (χ2v) is 3.90. The summed E-state index contributed by atoms with van der Waals surface area (Å²) in [5.41, 5.74) is 8.10. The van der Waals surface area contributed by atoms with E-state index in [1.807, 2.05) is 19.1 Å². The van der Waals surface area contributed by atoms with Gasteiger partial charge in [0.15, 0.2) is 0 Å². The van der Waals surface area contributed by atoms with E-state index in [2.05, 4.69) is 15.5 Å². The Hall–Kier alpha value is -2.30. The molecule has 1 aromatic heterocycles. The fourth-order valence-corrected chi connectivity index (χ4v) is 1.54. The smallest absolute Gasteiger partial charge is 0.229 e. The van der Waals surface area contributed by atoms with E-state index < -0.39 is 0 Å². The maximum Gasteiger partial charge on any atom is 0.229 e. The summed E-state index contributed by atoms with van der Waals surface area (Å²) in [5, 5.41) is 9.32. The summed E-state index contributed by atoms with van der Waals surface area (Å²) >= 11 is 0. The monoisotopic (exact) mass is 230 g/mol. The fraction of sp³-hybridized carbons (Fsp3) is 0.167. The van der Waals surface area contributed by atoms with Crippen LogP contribution in [-0.2, 0) is 11.2 Å². The number of nitrogen functional groups attached to an aromatic ring is 1. The minimum atomic E-state index is -0.0945. The zero-order valence-corrected chi connectivity index (χ0v) is 9.53. The van der Waals surface area contributed by atoms with Crippen LogP contribution in [0.15, 0.2) is 30.5 Å². The molecule has 1 amide bonds. The number of H-pyrrole nitrogens is 1. The van der Waals surface area contributed by atoms with E-state index in [4.69, 9.17) is 5.73 Å². The first-order valence-electron chi connectivity index (χ1n) is 5.29. The van der Waals surface area contributed by atoms with Crippen LogP contribution in [0.2, 0.25) is 0 Å². The highest BCUT2D eigenvalue weighted by molar-refractivity contribution is 5.92. The van der Waals surface area contributed by atoms with Crippen molar-refractivity contribution in [2.75, 3.05) is 11.1 Å². The molecule has 0 unspecified atom stereocenters. The number of carbonyl (C=O) groups excluding carboxylic acids is 1. The molecule has 2 rings (SSSR count). The van der Waals surface area contributed by atoms with Gasteiger partial charge >= 0.3 is 0 Å². The number of hydrogen-bond donors (Lipinski definition) is 3. The topological polar surface area (TPSA) is 83.8 Å². The van der Waals surface area contributed by atoms with Crippen LogP contribution in [0.4, 0.5) is 11.5 Å². The zero-order chi connectivity index (χ0) is 12.3. The molecule has 5 heteroatoms. The normalized spacial score (nSPS) is 10.2. The number of nitrogens with zero attached hydrogens (tertiary/aromatic N) is 1. The molecule has 0 bridgehead atoms. The van der Waals surface area contributed by atoms with E-state index in [0.29, 0.717) is 17.9 Å². The molecule has 0 saturated carbocycles. The number of benzene rings is 1. The van der Waals surface area contributed by atoms with Crippen LogP contribution in [0, 0.1) is 6.92 Å². The van der Waals surface area contributed by atoms with E-state index in [1.165, 1.54) is 0 Å². The highest BCUT2D eigenvalue weighted by Gasteiger charge is 2.07. The molecule has 0 spiro atoms. The van der Waals surface area contributed by atoms with E-state index in [9.17, 15) is 4.79 Å². The number of nitrogens with one attached hydrogen (secondary N) is 2. The third-order valence-corrected chi connectivity index (χ3v) is 2.41. The van der Waals surface area contributed by atoms with E-state index in [-0.39, 0.29) is 5.91 Å². The Bertz CT molecular complexity index is 533. The van der Waals surface area contributed by atoms with Crippen LogP contribution in [0.25, 0.3) is 0 Å². The minimum absolute atomic E-state index is 0.0945. The van der Waals surface area contributed by atoms with Gasteiger partial charge in [-0.1, -0.05) is 12.1 Å². The first-order chi connectivity index (χ1) is 8.15. The Kier molecular flexibility index (Phi) is 3.09. The number of anilines is 2. The quantitative estimate of drug-likeness (QED) is 0.698. The lowest BCUT2D eigenvalue weighted by molar-refractivity contribution is -0.115. The summed E-state index contributed by atoms with van der Waals surface area (Å²) in [5.74, 6) is 0.543. The molecule has 0 radical (unpaired) electrons. The highest BCUT2D eigenvalue weighted by atomic mass is 16.1. The summed E-state index contributed by atoms with van der Waals surface area (Å²) in [6, 6.07) is 7.29. The number of carbonyl (C=O) groups is 1. The molecular formula is C12H14N4O. The van der Waals surface area contributed by atoms with Crippen LogP contribution in [-0.4, -0.2) is 16.1 Å². The van der Waals surface area contributed by atoms with Crippen molar-refractivity contribution in [3.8, 4) is 0 Å². The zero-order valence-electron chi connectivity index (χ0n) is 9.53. The van der Waals surface area contributed by atoms with Crippen molar-refractivity contribution in [2.45, 2.75) is 13.3 Å². The maximum absolute atomic E-state index is 11.7. The Balaban J connectivity index is 2.01. The van der Waals surface area contributed by atoms with Crippen LogP contribution in [0.3, 0.4) is 0 Å². The molecule has 2 aromatic rings. The summed E-state index contributed by atoms with van der Waals surface area (Å²) in [6.45, 7) is 1.87. The lowest BCUT2D eigenvalue weighted by atomic mass is 10.1. The first kappa shape index (κ1) is 11.2. The Labute approximate surface area is 99.0 Å². The molecule has 0 aliphatic carbocycles. The Morgan fingerprint density at radius 3 is 3.00 bits per heavy atom. The third kappa shape index (κ3) is 2.84. The molecule has 0 aliphatic heterocycles. The molecule has 0 atom stereocenters. The van der Waals surface area contributed by atoms with Gasteiger partial charge in [-0.25, -0.2) is 0 Å². The van der Waals surface area contributed by atoms with E-state index in [1.54, 1.807) is 18.3 Å². The minimum Gasteiger partial charge on any atom is -0.399 e. The van der Waals surface area contributed by atoms with Crippen molar-refractivity contribution in [3.63, 3.8) is 0 Å². The van der Waals surface area contributed by atoms with Crippen LogP contribution < -0.4 is 11.1 Å². The average molecular weight is 230 g/mol. The molecule has 5 nitrogen and oxygen atoms in total. The predicted octanol–water partition coefficient (Wildman–Crippen LogP) is 1.48. The van der Waals surface area contributed by atoms with Crippen molar-refractivity contribution < 1.29 is 4.79 Å². The number of hydrogen-bond acceptors (Lipinski definition) is 3. The van der Waals surface area contributed by atoms with Gasteiger partial charge in [0.05, 0.1) is 12.6 Å². The number of nitrogens with two attached hydrogens (primary N) is 1. The van der Waals surface area contributed by atoms with Crippen LogP contribution >= 0.6 is 0 Å². The van der Waals surface area contributed by atoms with Gasteiger partial charge in [-0.2, -0.15) is 5.10 Å².